The summed E-state index contributed by atoms with van der Waals surface area (Å²) < 4.78 is 0. The SMILES string of the molecule is Nc1nc(CCC2CCCCN(Cc3ccccc3)CC2)nc(NCc2ccccc2)n1. The Hall–Kier alpha value is -2.99. The molecule has 0 radical (unpaired) electrons. The standard InChI is InChI=1S/C26H34N6/c27-25-29-24(30-26(31-25)28-19-22-10-3-1-4-11-22)15-14-21-9-7-8-17-32(18-16-21)20-23-12-5-2-6-13-23/h1-6,10-13,21H,7-9,14-20H2,(H3,27,28,29,30,31). The Morgan fingerprint density at radius 3 is 2.38 bits per heavy atom. The fourth-order valence-corrected chi connectivity index (χ4v) is 4.42. The normalized spacial score (nSPS) is 17.4. The Morgan fingerprint density at radius 1 is 0.844 bits per heavy atom. The summed E-state index contributed by atoms with van der Waals surface area (Å²) in [6, 6.07) is 21.0. The first kappa shape index (κ1) is 22.2. The molecule has 1 unspecified atom stereocenters. The lowest BCUT2D eigenvalue weighted by molar-refractivity contribution is 0.208. The number of aromatic nitrogens is 3. The first-order chi connectivity index (χ1) is 15.7. The molecule has 1 atom stereocenters. The number of nitrogens with one attached hydrogen (secondary N) is 1. The van der Waals surface area contributed by atoms with Crippen molar-refractivity contribution < 1.29 is 0 Å². The average Bonchev–Trinajstić information content (AvgIpc) is 2.80. The van der Waals surface area contributed by atoms with Gasteiger partial charge >= 0.3 is 0 Å². The van der Waals surface area contributed by atoms with Gasteiger partial charge in [-0.25, -0.2) is 0 Å². The number of rotatable bonds is 8. The highest BCUT2D eigenvalue weighted by molar-refractivity contribution is 5.32. The molecule has 0 saturated carbocycles. The Kier molecular flexibility index (Phi) is 8.04. The molecule has 3 N–H and O–H groups in total. The average molecular weight is 431 g/mol. The van der Waals surface area contributed by atoms with E-state index in [4.69, 9.17) is 5.73 Å². The van der Waals surface area contributed by atoms with Gasteiger partial charge in [0.05, 0.1) is 0 Å². The fourth-order valence-electron chi connectivity index (χ4n) is 4.42. The first-order valence-electron chi connectivity index (χ1n) is 11.8. The van der Waals surface area contributed by atoms with E-state index in [0.717, 1.165) is 31.8 Å². The van der Waals surface area contributed by atoms with Crippen molar-refractivity contribution in [2.24, 2.45) is 5.92 Å². The van der Waals surface area contributed by atoms with E-state index >= 15 is 0 Å². The third kappa shape index (κ3) is 7.02. The summed E-state index contributed by atoms with van der Waals surface area (Å²) in [5, 5.41) is 3.28. The number of anilines is 2. The van der Waals surface area contributed by atoms with Crippen LogP contribution in [-0.4, -0.2) is 32.9 Å². The lowest BCUT2D eigenvalue weighted by Gasteiger charge is -2.28. The van der Waals surface area contributed by atoms with Crippen LogP contribution in [0.2, 0.25) is 0 Å². The number of hydrogen-bond acceptors (Lipinski definition) is 6. The lowest BCUT2D eigenvalue weighted by atomic mass is 9.91. The van der Waals surface area contributed by atoms with Gasteiger partial charge in [-0.15, -0.1) is 0 Å². The molecule has 1 fully saturated rings. The largest absolute Gasteiger partial charge is 0.368 e. The summed E-state index contributed by atoms with van der Waals surface area (Å²) in [5.74, 6) is 2.34. The van der Waals surface area contributed by atoms with E-state index in [0.29, 0.717) is 18.4 Å². The minimum atomic E-state index is 0.289. The molecule has 0 bridgehead atoms. The summed E-state index contributed by atoms with van der Waals surface area (Å²) in [6.07, 6.45) is 7.02. The van der Waals surface area contributed by atoms with Crippen molar-refractivity contribution in [3.8, 4) is 0 Å². The predicted octanol–water partition coefficient (Wildman–Crippen LogP) is 4.69. The number of benzene rings is 2. The zero-order chi connectivity index (χ0) is 22.0. The zero-order valence-electron chi connectivity index (χ0n) is 18.8. The van der Waals surface area contributed by atoms with Gasteiger partial charge in [-0.1, -0.05) is 73.5 Å². The van der Waals surface area contributed by atoms with E-state index in [9.17, 15) is 0 Å². The van der Waals surface area contributed by atoms with E-state index in [1.54, 1.807) is 0 Å². The molecule has 168 valence electrons. The summed E-state index contributed by atoms with van der Waals surface area (Å²) in [7, 11) is 0. The van der Waals surface area contributed by atoms with Gasteiger partial charge in [-0.05, 0) is 49.4 Å². The van der Waals surface area contributed by atoms with Crippen molar-refractivity contribution in [1.82, 2.24) is 19.9 Å². The van der Waals surface area contributed by atoms with Crippen LogP contribution in [0.4, 0.5) is 11.9 Å². The summed E-state index contributed by atoms with van der Waals surface area (Å²) in [4.78, 5) is 15.9. The van der Waals surface area contributed by atoms with E-state index < -0.39 is 0 Å². The van der Waals surface area contributed by atoms with Gasteiger partial charge in [-0.2, -0.15) is 15.0 Å². The molecule has 1 aromatic heterocycles. The van der Waals surface area contributed by atoms with Crippen LogP contribution >= 0.6 is 0 Å². The molecule has 1 saturated heterocycles. The van der Waals surface area contributed by atoms with E-state index in [2.05, 4.69) is 67.6 Å². The Bertz CT molecular complexity index is 947. The van der Waals surface area contributed by atoms with Gasteiger partial charge in [0.15, 0.2) is 0 Å². The van der Waals surface area contributed by atoms with Crippen molar-refractivity contribution in [3.63, 3.8) is 0 Å². The van der Waals surface area contributed by atoms with E-state index in [1.807, 2.05) is 18.2 Å². The number of nitrogens with zero attached hydrogens (tertiary/aromatic N) is 4. The molecule has 32 heavy (non-hydrogen) atoms. The fraction of sp³-hybridized carbons (Fsp3) is 0.423. The minimum absolute atomic E-state index is 0.289. The maximum Gasteiger partial charge on any atom is 0.228 e. The monoisotopic (exact) mass is 430 g/mol. The number of hydrogen-bond donors (Lipinski definition) is 2. The van der Waals surface area contributed by atoms with Crippen molar-refractivity contribution in [1.29, 1.82) is 0 Å². The second kappa shape index (κ2) is 11.6. The molecule has 0 aliphatic carbocycles. The molecule has 6 nitrogen and oxygen atoms in total. The van der Waals surface area contributed by atoms with Crippen LogP contribution < -0.4 is 11.1 Å². The molecule has 3 aromatic rings. The Labute approximate surface area is 191 Å². The van der Waals surface area contributed by atoms with E-state index in [1.165, 1.54) is 43.4 Å². The van der Waals surface area contributed by atoms with Crippen molar-refractivity contribution in [2.45, 2.75) is 51.6 Å². The topological polar surface area (TPSA) is 80.0 Å². The molecular formula is C26H34N6. The van der Waals surface area contributed by atoms with E-state index in [-0.39, 0.29) is 5.95 Å². The maximum absolute atomic E-state index is 5.97. The second-order valence-electron chi connectivity index (χ2n) is 8.72. The Morgan fingerprint density at radius 2 is 1.59 bits per heavy atom. The third-order valence-electron chi connectivity index (χ3n) is 6.21. The molecule has 2 heterocycles. The van der Waals surface area contributed by atoms with Gasteiger partial charge in [0.25, 0.3) is 0 Å². The van der Waals surface area contributed by atoms with Gasteiger partial charge in [0.1, 0.15) is 5.82 Å². The molecule has 4 rings (SSSR count). The highest BCUT2D eigenvalue weighted by atomic mass is 15.2. The molecular weight excluding hydrogens is 396 g/mol. The molecule has 0 amide bonds. The van der Waals surface area contributed by atoms with Crippen LogP contribution in [0, 0.1) is 5.92 Å². The number of aryl methyl sites for hydroxylation is 1. The predicted molar refractivity (Wildman–Crippen MR) is 130 cm³/mol. The first-order valence-corrected chi connectivity index (χ1v) is 11.8. The van der Waals surface area contributed by atoms with Gasteiger partial charge in [-0.3, -0.25) is 4.90 Å². The molecule has 1 aliphatic rings. The number of likely N-dealkylation sites (tertiary alicyclic amines) is 1. The highest BCUT2D eigenvalue weighted by Crippen LogP contribution is 2.23. The Balaban J connectivity index is 1.29. The number of nitrogens with two attached hydrogens (primary N) is 1. The minimum Gasteiger partial charge on any atom is -0.368 e. The third-order valence-corrected chi connectivity index (χ3v) is 6.21. The van der Waals surface area contributed by atoms with Crippen molar-refractivity contribution >= 4 is 11.9 Å². The van der Waals surface area contributed by atoms with Crippen LogP contribution in [0.5, 0.6) is 0 Å². The highest BCUT2D eigenvalue weighted by Gasteiger charge is 2.17. The zero-order valence-corrected chi connectivity index (χ0v) is 18.8. The van der Waals surface area contributed by atoms with Crippen LogP contribution in [0.15, 0.2) is 60.7 Å². The summed E-state index contributed by atoms with van der Waals surface area (Å²) in [6.45, 7) is 4.07. The van der Waals surface area contributed by atoms with Crippen LogP contribution in [-0.2, 0) is 19.5 Å². The quantitative estimate of drug-likeness (QED) is 0.540. The van der Waals surface area contributed by atoms with Crippen LogP contribution in [0.3, 0.4) is 0 Å². The van der Waals surface area contributed by atoms with Gasteiger partial charge in [0, 0.05) is 19.5 Å². The molecule has 6 heteroatoms. The smallest absolute Gasteiger partial charge is 0.228 e. The van der Waals surface area contributed by atoms with Gasteiger partial charge in [0.2, 0.25) is 11.9 Å². The molecule has 2 aromatic carbocycles. The van der Waals surface area contributed by atoms with Crippen molar-refractivity contribution in [2.75, 3.05) is 24.1 Å². The summed E-state index contributed by atoms with van der Waals surface area (Å²) >= 11 is 0. The maximum atomic E-state index is 5.97. The number of nitrogen functional groups attached to an aromatic ring is 1. The van der Waals surface area contributed by atoms with Gasteiger partial charge < -0.3 is 11.1 Å². The lowest BCUT2D eigenvalue weighted by Crippen LogP contribution is -2.29. The second-order valence-corrected chi connectivity index (χ2v) is 8.72. The van der Waals surface area contributed by atoms with Crippen LogP contribution in [0.25, 0.3) is 0 Å². The van der Waals surface area contributed by atoms with Crippen molar-refractivity contribution in [3.05, 3.63) is 77.6 Å². The molecule has 1 aliphatic heterocycles. The summed E-state index contributed by atoms with van der Waals surface area (Å²) in [5.41, 5.74) is 8.55. The molecule has 0 spiro atoms. The van der Waals surface area contributed by atoms with Crippen LogP contribution in [0.1, 0.15) is 49.1 Å².